The SMILES string of the molecule is O=C(c1cncn1-c1cccc(-c2cccc3c2sc2ccccc23)c1)N1CCCCCCC1. The molecule has 1 aliphatic heterocycles. The van der Waals surface area contributed by atoms with Gasteiger partial charge in [-0.05, 0) is 42.2 Å². The van der Waals surface area contributed by atoms with Crippen molar-refractivity contribution in [2.24, 2.45) is 0 Å². The zero-order valence-corrected chi connectivity index (χ0v) is 19.9. The smallest absolute Gasteiger partial charge is 0.272 e. The van der Waals surface area contributed by atoms with Crippen LogP contribution in [0.3, 0.4) is 0 Å². The van der Waals surface area contributed by atoms with Crippen LogP contribution in [-0.4, -0.2) is 33.4 Å². The van der Waals surface area contributed by atoms with Crippen molar-refractivity contribution in [2.45, 2.75) is 32.1 Å². The van der Waals surface area contributed by atoms with Gasteiger partial charge in [0, 0.05) is 38.9 Å². The minimum atomic E-state index is 0.0800. The Hall–Kier alpha value is -3.44. The number of aromatic nitrogens is 2. The Morgan fingerprint density at radius 2 is 1.59 bits per heavy atom. The number of hydrogen-bond donors (Lipinski definition) is 0. The number of thiophene rings is 1. The molecule has 5 aromatic rings. The molecule has 0 unspecified atom stereocenters. The van der Waals surface area contributed by atoms with Gasteiger partial charge in [-0.15, -0.1) is 11.3 Å². The van der Waals surface area contributed by atoms with Gasteiger partial charge >= 0.3 is 0 Å². The van der Waals surface area contributed by atoms with E-state index in [1.54, 1.807) is 12.5 Å². The fraction of sp³-hybridized carbons (Fsp3) is 0.241. The number of likely N-dealkylation sites (tertiary alicyclic amines) is 1. The van der Waals surface area contributed by atoms with Crippen LogP contribution in [0, 0.1) is 0 Å². The van der Waals surface area contributed by atoms with E-state index in [1.165, 1.54) is 45.0 Å². The summed E-state index contributed by atoms with van der Waals surface area (Å²) in [5, 5.41) is 2.59. The molecular formula is C29H27N3OS. The van der Waals surface area contributed by atoms with E-state index in [-0.39, 0.29) is 5.91 Å². The van der Waals surface area contributed by atoms with Crippen molar-refractivity contribution >= 4 is 37.4 Å². The third-order valence-corrected chi connectivity index (χ3v) is 8.06. The van der Waals surface area contributed by atoms with Gasteiger partial charge in [0.25, 0.3) is 5.91 Å². The molecule has 1 aliphatic rings. The monoisotopic (exact) mass is 465 g/mol. The van der Waals surface area contributed by atoms with Gasteiger partial charge in [-0.1, -0.05) is 67.8 Å². The zero-order chi connectivity index (χ0) is 22.9. The van der Waals surface area contributed by atoms with Crippen molar-refractivity contribution in [1.29, 1.82) is 0 Å². The first-order valence-electron chi connectivity index (χ1n) is 12.1. The quantitative estimate of drug-likeness (QED) is 0.280. The summed E-state index contributed by atoms with van der Waals surface area (Å²) in [5.74, 6) is 0.0800. The maximum Gasteiger partial charge on any atom is 0.272 e. The lowest BCUT2D eigenvalue weighted by atomic mass is 10.0. The normalized spacial score (nSPS) is 14.9. The van der Waals surface area contributed by atoms with E-state index in [1.807, 2.05) is 20.8 Å². The van der Waals surface area contributed by atoms with Gasteiger partial charge in [-0.3, -0.25) is 9.36 Å². The molecule has 0 spiro atoms. The molecule has 170 valence electrons. The topological polar surface area (TPSA) is 38.1 Å². The molecule has 1 saturated heterocycles. The number of hydrogen-bond acceptors (Lipinski definition) is 3. The second kappa shape index (κ2) is 9.07. The van der Waals surface area contributed by atoms with Crippen LogP contribution in [0.15, 0.2) is 79.3 Å². The second-order valence-electron chi connectivity index (χ2n) is 9.04. The van der Waals surface area contributed by atoms with Crippen LogP contribution < -0.4 is 0 Å². The van der Waals surface area contributed by atoms with Crippen LogP contribution in [-0.2, 0) is 0 Å². The Bertz CT molecular complexity index is 1470. The maximum atomic E-state index is 13.4. The Labute approximate surface area is 203 Å². The summed E-state index contributed by atoms with van der Waals surface area (Å²) in [4.78, 5) is 19.8. The Balaban J connectivity index is 1.39. The van der Waals surface area contributed by atoms with Crippen LogP contribution >= 0.6 is 11.3 Å². The first kappa shape index (κ1) is 21.1. The zero-order valence-electron chi connectivity index (χ0n) is 19.1. The second-order valence-corrected chi connectivity index (χ2v) is 10.1. The number of carbonyl (C=O) groups is 1. The molecule has 5 heteroatoms. The molecule has 0 N–H and O–H groups in total. The highest BCUT2D eigenvalue weighted by molar-refractivity contribution is 7.26. The fourth-order valence-electron chi connectivity index (χ4n) is 5.07. The van der Waals surface area contributed by atoms with Crippen molar-refractivity contribution in [1.82, 2.24) is 14.5 Å². The molecule has 0 bridgehead atoms. The number of benzene rings is 3. The van der Waals surface area contributed by atoms with E-state index in [4.69, 9.17) is 0 Å². The number of imidazole rings is 1. The summed E-state index contributed by atoms with van der Waals surface area (Å²) in [7, 11) is 0. The van der Waals surface area contributed by atoms with Crippen LogP contribution in [0.1, 0.15) is 42.6 Å². The number of amides is 1. The van der Waals surface area contributed by atoms with Crippen LogP contribution in [0.4, 0.5) is 0 Å². The molecule has 3 heterocycles. The van der Waals surface area contributed by atoms with Gasteiger partial charge in [0.2, 0.25) is 0 Å². The van der Waals surface area contributed by atoms with Crippen molar-refractivity contribution in [2.75, 3.05) is 13.1 Å². The van der Waals surface area contributed by atoms with E-state index in [0.717, 1.165) is 37.2 Å². The third kappa shape index (κ3) is 3.80. The van der Waals surface area contributed by atoms with Crippen molar-refractivity contribution in [3.05, 3.63) is 84.9 Å². The molecule has 3 aromatic carbocycles. The summed E-state index contributed by atoms with van der Waals surface area (Å²) in [6, 6.07) is 23.6. The van der Waals surface area contributed by atoms with E-state index < -0.39 is 0 Å². The number of carbonyl (C=O) groups excluding carboxylic acids is 1. The Kier molecular flexibility index (Phi) is 5.63. The predicted molar refractivity (Wildman–Crippen MR) is 141 cm³/mol. The molecule has 0 radical (unpaired) electrons. The first-order valence-corrected chi connectivity index (χ1v) is 12.9. The average molecular weight is 466 g/mol. The van der Waals surface area contributed by atoms with E-state index in [2.05, 4.69) is 71.7 Å². The molecule has 1 fully saturated rings. The Morgan fingerprint density at radius 1 is 0.824 bits per heavy atom. The molecule has 6 rings (SSSR count). The van der Waals surface area contributed by atoms with E-state index in [0.29, 0.717) is 5.69 Å². The van der Waals surface area contributed by atoms with Gasteiger partial charge < -0.3 is 4.90 Å². The highest BCUT2D eigenvalue weighted by atomic mass is 32.1. The minimum Gasteiger partial charge on any atom is -0.337 e. The number of fused-ring (bicyclic) bond motifs is 3. The number of rotatable bonds is 3. The van der Waals surface area contributed by atoms with Crippen molar-refractivity contribution < 1.29 is 4.79 Å². The third-order valence-electron chi connectivity index (χ3n) is 6.84. The maximum absolute atomic E-state index is 13.4. The van der Waals surface area contributed by atoms with Crippen molar-refractivity contribution in [3.63, 3.8) is 0 Å². The van der Waals surface area contributed by atoms with E-state index in [9.17, 15) is 4.79 Å². The highest BCUT2D eigenvalue weighted by Gasteiger charge is 2.21. The molecule has 0 saturated carbocycles. The first-order chi connectivity index (χ1) is 16.8. The molecule has 1 amide bonds. The molecule has 4 nitrogen and oxygen atoms in total. The average Bonchev–Trinajstić information content (AvgIpc) is 3.49. The molecular weight excluding hydrogens is 438 g/mol. The van der Waals surface area contributed by atoms with Gasteiger partial charge in [0.05, 0.1) is 12.5 Å². The van der Waals surface area contributed by atoms with Crippen LogP contribution in [0.25, 0.3) is 37.0 Å². The standard InChI is InChI=1S/C29H27N3OS/c33-29(31-16-6-2-1-3-7-17-31)26-19-30-20-32(26)22-11-8-10-21(18-22)23-13-9-14-25-24-12-4-5-15-27(24)34-28(23)25/h4-5,8-15,18-20H,1-3,6-7,16-17H2. The molecule has 0 atom stereocenters. The summed E-state index contributed by atoms with van der Waals surface area (Å²) in [6.45, 7) is 1.66. The fourth-order valence-corrected chi connectivity index (χ4v) is 6.31. The Morgan fingerprint density at radius 3 is 2.47 bits per heavy atom. The largest absolute Gasteiger partial charge is 0.337 e. The lowest BCUT2D eigenvalue weighted by Gasteiger charge is -2.25. The predicted octanol–water partition coefficient (Wildman–Crippen LogP) is 7.31. The molecule has 2 aromatic heterocycles. The molecule has 0 aliphatic carbocycles. The minimum absolute atomic E-state index is 0.0800. The molecule has 34 heavy (non-hydrogen) atoms. The van der Waals surface area contributed by atoms with Gasteiger partial charge in [-0.2, -0.15) is 0 Å². The summed E-state index contributed by atoms with van der Waals surface area (Å²) >= 11 is 1.84. The van der Waals surface area contributed by atoms with Crippen LogP contribution in [0.2, 0.25) is 0 Å². The van der Waals surface area contributed by atoms with Gasteiger partial charge in [0.15, 0.2) is 0 Å². The van der Waals surface area contributed by atoms with Crippen molar-refractivity contribution in [3.8, 4) is 16.8 Å². The van der Waals surface area contributed by atoms with E-state index >= 15 is 0 Å². The lowest BCUT2D eigenvalue weighted by molar-refractivity contribution is 0.0734. The summed E-state index contributed by atoms with van der Waals surface area (Å²) in [6.07, 6.45) is 9.31. The summed E-state index contributed by atoms with van der Waals surface area (Å²) in [5.41, 5.74) is 3.96. The highest BCUT2D eigenvalue weighted by Crippen LogP contribution is 2.40. The van der Waals surface area contributed by atoms with Crippen LogP contribution in [0.5, 0.6) is 0 Å². The van der Waals surface area contributed by atoms with Gasteiger partial charge in [-0.25, -0.2) is 4.98 Å². The lowest BCUT2D eigenvalue weighted by Crippen LogP contribution is -2.34. The number of nitrogens with zero attached hydrogens (tertiary/aromatic N) is 3. The van der Waals surface area contributed by atoms with Gasteiger partial charge in [0.1, 0.15) is 5.69 Å². The summed E-state index contributed by atoms with van der Waals surface area (Å²) < 4.78 is 4.54.